The summed E-state index contributed by atoms with van der Waals surface area (Å²) < 4.78 is 45.3. The zero-order chi connectivity index (χ0) is 18.9. The summed E-state index contributed by atoms with van der Waals surface area (Å²) in [6, 6.07) is 8.22. The third kappa shape index (κ3) is 3.58. The molecule has 0 aliphatic carbocycles. The summed E-state index contributed by atoms with van der Waals surface area (Å²) in [7, 11) is -0.842. The Morgan fingerprint density at radius 3 is 2.69 bits per heavy atom. The largest absolute Gasteiger partial charge is 0.444 e. The molecule has 0 atom stereocenters. The van der Waals surface area contributed by atoms with Crippen LogP contribution in [0.25, 0.3) is 11.5 Å². The van der Waals surface area contributed by atoms with Gasteiger partial charge in [-0.25, -0.2) is 22.1 Å². The smallest absolute Gasteiger partial charge is 0.250 e. The van der Waals surface area contributed by atoms with Gasteiger partial charge >= 0.3 is 0 Å². The van der Waals surface area contributed by atoms with E-state index in [0.29, 0.717) is 11.3 Å². The van der Waals surface area contributed by atoms with Crippen molar-refractivity contribution in [3.63, 3.8) is 0 Å². The van der Waals surface area contributed by atoms with Gasteiger partial charge in [-0.2, -0.15) is 0 Å². The molecule has 0 radical (unpaired) electrons. The molecule has 0 N–H and O–H groups in total. The maximum atomic E-state index is 13.3. The molecule has 0 spiro atoms. The first-order chi connectivity index (χ1) is 12.3. The monoisotopic (exact) mass is 377 g/mol. The number of hydrogen-bond acceptors (Lipinski definition) is 5. The highest BCUT2D eigenvalue weighted by Crippen LogP contribution is 2.20. The fourth-order valence-corrected chi connectivity index (χ4v) is 3.23. The van der Waals surface area contributed by atoms with Gasteiger partial charge in [0.25, 0.3) is 5.56 Å². The van der Waals surface area contributed by atoms with Crippen LogP contribution >= 0.6 is 0 Å². The molecule has 0 amide bonds. The van der Waals surface area contributed by atoms with Crippen LogP contribution in [0.4, 0.5) is 4.39 Å². The summed E-state index contributed by atoms with van der Waals surface area (Å²) in [6.45, 7) is 0.0223. The summed E-state index contributed by atoms with van der Waals surface area (Å²) in [5.41, 5.74) is 0.497. The molecule has 3 aromatic rings. The SMILES string of the molecule is CN(C)S(=O)(=O)c1ccc(=O)n(Cc2coc(-c3cccc(F)c3)n2)c1. The average Bonchev–Trinajstić information content (AvgIpc) is 3.05. The van der Waals surface area contributed by atoms with Gasteiger partial charge in [-0.1, -0.05) is 6.07 Å². The molecule has 0 bridgehead atoms. The van der Waals surface area contributed by atoms with Gasteiger partial charge in [-0.3, -0.25) is 4.79 Å². The van der Waals surface area contributed by atoms with Crippen LogP contribution < -0.4 is 5.56 Å². The minimum atomic E-state index is -3.66. The van der Waals surface area contributed by atoms with Crippen molar-refractivity contribution in [2.24, 2.45) is 0 Å². The van der Waals surface area contributed by atoms with Gasteiger partial charge < -0.3 is 8.98 Å². The van der Waals surface area contributed by atoms with Gasteiger partial charge in [0.2, 0.25) is 15.9 Å². The molecular weight excluding hydrogens is 361 g/mol. The van der Waals surface area contributed by atoms with Crippen molar-refractivity contribution in [1.29, 1.82) is 0 Å². The number of aromatic nitrogens is 2. The van der Waals surface area contributed by atoms with Crippen molar-refractivity contribution in [2.45, 2.75) is 11.4 Å². The van der Waals surface area contributed by atoms with Gasteiger partial charge in [0.15, 0.2) is 0 Å². The van der Waals surface area contributed by atoms with Crippen molar-refractivity contribution in [3.05, 3.63) is 70.7 Å². The van der Waals surface area contributed by atoms with E-state index in [1.807, 2.05) is 0 Å². The van der Waals surface area contributed by atoms with Crippen molar-refractivity contribution >= 4 is 10.0 Å². The summed E-state index contributed by atoms with van der Waals surface area (Å²) in [4.78, 5) is 16.3. The second-order valence-corrected chi connectivity index (χ2v) is 7.92. The molecule has 136 valence electrons. The second kappa shape index (κ2) is 6.85. The van der Waals surface area contributed by atoms with Crippen molar-refractivity contribution in [1.82, 2.24) is 13.9 Å². The summed E-state index contributed by atoms with van der Waals surface area (Å²) in [6.07, 6.45) is 2.61. The van der Waals surface area contributed by atoms with E-state index in [9.17, 15) is 17.6 Å². The quantitative estimate of drug-likeness (QED) is 0.678. The van der Waals surface area contributed by atoms with E-state index in [-0.39, 0.29) is 22.9 Å². The fraction of sp³-hybridized carbons (Fsp3) is 0.176. The molecule has 3 rings (SSSR count). The van der Waals surface area contributed by atoms with Crippen LogP contribution in [0, 0.1) is 5.82 Å². The Kier molecular flexibility index (Phi) is 4.75. The van der Waals surface area contributed by atoms with Crippen LogP contribution in [0.5, 0.6) is 0 Å². The number of oxazole rings is 1. The minimum Gasteiger partial charge on any atom is -0.444 e. The summed E-state index contributed by atoms with van der Waals surface area (Å²) in [5.74, 6) is -0.204. The van der Waals surface area contributed by atoms with Gasteiger partial charge in [-0.15, -0.1) is 0 Å². The first-order valence-corrected chi connectivity index (χ1v) is 9.05. The first kappa shape index (κ1) is 18.0. The highest BCUT2D eigenvalue weighted by Gasteiger charge is 2.18. The Hall–Kier alpha value is -2.78. The van der Waals surface area contributed by atoms with Crippen molar-refractivity contribution in [3.8, 4) is 11.5 Å². The number of rotatable bonds is 5. The van der Waals surface area contributed by atoms with E-state index in [0.717, 1.165) is 4.31 Å². The van der Waals surface area contributed by atoms with Crippen LogP contribution in [-0.4, -0.2) is 36.4 Å². The predicted molar refractivity (Wildman–Crippen MR) is 92.6 cm³/mol. The Morgan fingerprint density at radius 1 is 1.23 bits per heavy atom. The van der Waals surface area contributed by atoms with Gasteiger partial charge in [-0.05, 0) is 24.3 Å². The number of benzene rings is 1. The van der Waals surface area contributed by atoms with E-state index in [4.69, 9.17) is 4.42 Å². The summed E-state index contributed by atoms with van der Waals surface area (Å²) in [5, 5.41) is 0. The number of nitrogens with zero attached hydrogens (tertiary/aromatic N) is 3. The molecular formula is C17H16FN3O4S. The lowest BCUT2D eigenvalue weighted by atomic mass is 10.2. The molecule has 2 aromatic heterocycles. The second-order valence-electron chi connectivity index (χ2n) is 5.77. The molecule has 0 fully saturated rings. The highest BCUT2D eigenvalue weighted by atomic mass is 32.2. The van der Waals surface area contributed by atoms with Crippen molar-refractivity contribution in [2.75, 3.05) is 14.1 Å². The molecule has 26 heavy (non-hydrogen) atoms. The number of hydrogen-bond donors (Lipinski definition) is 0. The average molecular weight is 377 g/mol. The Balaban J connectivity index is 1.92. The van der Waals surface area contributed by atoms with E-state index in [2.05, 4.69) is 4.98 Å². The maximum absolute atomic E-state index is 13.3. The molecule has 0 aliphatic heterocycles. The van der Waals surface area contributed by atoms with E-state index >= 15 is 0 Å². The lowest BCUT2D eigenvalue weighted by Gasteiger charge is -2.12. The number of halogens is 1. The Morgan fingerprint density at radius 2 is 2.00 bits per heavy atom. The molecule has 7 nitrogen and oxygen atoms in total. The standard InChI is InChI=1S/C17H16FN3O4S/c1-20(2)26(23,24)15-6-7-16(22)21(10-15)9-14-11-25-17(19-14)12-4-3-5-13(18)8-12/h3-8,10-11H,9H2,1-2H3. The summed E-state index contributed by atoms with van der Waals surface area (Å²) >= 11 is 0. The van der Waals surface area contributed by atoms with Crippen LogP contribution in [0.3, 0.4) is 0 Å². The van der Waals surface area contributed by atoms with Gasteiger partial charge in [0, 0.05) is 31.9 Å². The van der Waals surface area contributed by atoms with Gasteiger partial charge in [0.1, 0.15) is 12.1 Å². The van der Waals surface area contributed by atoms with E-state index in [1.165, 1.54) is 61.5 Å². The minimum absolute atomic E-state index is 0.00375. The molecule has 0 saturated heterocycles. The topological polar surface area (TPSA) is 85.4 Å². The maximum Gasteiger partial charge on any atom is 0.250 e. The normalized spacial score (nSPS) is 11.8. The van der Waals surface area contributed by atoms with E-state index in [1.54, 1.807) is 6.07 Å². The van der Waals surface area contributed by atoms with E-state index < -0.39 is 15.8 Å². The molecule has 2 heterocycles. The Bertz CT molecular complexity index is 1100. The molecule has 0 unspecified atom stereocenters. The molecule has 0 aliphatic rings. The number of pyridine rings is 1. The predicted octanol–water partition coefficient (Wildman–Crippen LogP) is 1.94. The third-order valence-electron chi connectivity index (χ3n) is 3.69. The Labute approximate surface area is 149 Å². The highest BCUT2D eigenvalue weighted by molar-refractivity contribution is 7.89. The molecule has 9 heteroatoms. The zero-order valence-corrected chi connectivity index (χ0v) is 14.9. The molecule has 1 aromatic carbocycles. The first-order valence-electron chi connectivity index (χ1n) is 7.61. The lowest BCUT2D eigenvalue weighted by molar-refractivity contribution is 0.519. The fourth-order valence-electron chi connectivity index (χ4n) is 2.30. The zero-order valence-electron chi connectivity index (χ0n) is 14.1. The van der Waals surface area contributed by atoms with Crippen molar-refractivity contribution < 1.29 is 17.2 Å². The van der Waals surface area contributed by atoms with Crippen LogP contribution in [0.15, 0.2) is 63.0 Å². The molecule has 0 saturated carbocycles. The number of sulfonamides is 1. The third-order valence-corrected chi connectivity index (χ3v) is 5.49. The van der Waals surface area contributed by atoms with Crippen LogP contribution in [0.1, 0.15) is 5.69 Å². The van der Waals surface area contributed by atoms with Crippen LogP contribution in [0.2, 0.25) is 0 Å². The van der Waals surface area contributed by atoms with Gasteiger partial charge in [0.05, 0.1) is 17.1 Å². The van der Waals surface area contributed by atoms with Crippen LogP contribution in [-0.2, 0) is 16.6 Å². The lowest BCUT2D eigenvalue weighted by Crippen LogP contribution is -2.26.